The number of anilines is 1. The SMILES string of the molecule is Cc1ccc(C(=O)c2ccc(NC(=O)CCS)cc2)cc1. The summed E-state index contributed by atoms with van der Waals surface area (Å²) in [5.41, 5.74) is 3.06. The third kappa shape index (κ3) is 4.20. The first kappa shape index (κ1) is 15.3. The molecule has 1 N–H and O–H groups in total. The molecule has 3 nitrogen and oxygen atoms in total. The molecule has 0 atom stereocenters. The summed E-state index contributed by atoms with van der Waals surface area (Å²) in [4.78, 5) is 23.8. The van der Waals surface area contributed by atoms with Gasteiger partial charge in [0.15, 0.2) is 5.78 Å². The zero-order valence-corrected chi connectivity index (χ0v) is 12.7. The Balaban J connectivity index is 2.09. The molecule has 4 heteroatoms. The number of amides is 1. The van der Waals surface area contributed by atoms with E-state index >= 15 is 0 Å². The highest BCUT2D eigenvalue weighted by Gasteiger charge is 2.09. The lowest BCUT2D eigenvalue weighted by Crippen LogP contribution is -2.11. The van der Waals surface area contributed by atoms with Crippen LogP contribution in [0.4, 0.5) is 5.69 Å². The van der Waals surface area contributed by atoms with Gasteiger partial charge >= 0.3 is 0 Å². The molecule has 0 saturated carbocycles. The summed E-state index contributed by atoms with van der Waals surface area (Å²) in [5.74, 6) is 0.404. The zero-order chi connectivity index (χ0) is 15.2. The number of carbonyl (C=O) groups excluding carboxylic acids is 2. The van der Waals surface area contributed by atoms with Crippen LogP contribution >= 0.6 is 12.6 Å². The maximum Gasteiger partial charge on any atom is 0.225 e. The predicted molar refractivity (Wildman–Crippen MR) is 88.2 cm³/mol. The van der Waals surface area contributed by atoms with Crippen molar-refractivity contribution in [1.29, 1.82) is 0 Å². The lowest BCUT2D eigenvalue weighted by molar-refractivity contribution is -0.115. The standard InChI is InChI=1S/C17H17NO2S/c1-12-2-4-13(5-3-12)17(20)14-6-8-15(9-7-14)18-16(19)10-11-21/h2-9,21H,10-11H2,1H3,(H,18,19). The van der Waals surface area contributed by atoms with Crippen LogP contribution in [0, 0.1) is 6.92 Å². The minimum Gasteiger partial charge on any atom is -0.326 e. The van der Waals surface area contributed by atoms with E-state index < -0.39 is 0 Å². The molecule has 2 rings (SSSR count). The average molecular weight is 299 g/mol. The minimum absolute atomic E-state index is 0.0248. The first-order chi connectivity index (χ1) is 10.1. The molecule has 0 aromatic heterocycles. The highest BCUT2D eigenvalue weighted by molar-refractivity contribution is 7.80. The van der Waals surface area contributed by atoms with Crippen molar-refractivity contribution in [2.45, 2.75) is 13.3 Å². The van der Waals surface area contributed by atoms with Gasteiger partial charge in [0, 0.05) is 23.2 Å². The topological polar surface area (TPSA) is 46.2 Å². The Morgan fingerprint density at radius 3 is 2.00 bits per heavy atom. The van der Waals surface area contributed by atoms with Crippen LogP contribution in [0.1, 0.15) is 27.9 Å². The first-order valence-corrected chi connectivity index (χ1v) is 7.35. The summed E-state index contributed by atoms with van der Waals surface area (Å²) in [6, 6.07) is 14.4. The number of nitrogens with one attached hydrogen (secondary N) is 1. The Kier molecular flexibility index (Phi) is 5.17. The summed E-state index contributed by atoms with van der Waals surface area (Å²) in [5, 5.41) is 2.76. The molecule has 2 aromatic carbocycles. The Labute approximate surface area is 129 Å². The van der Waals surface area contributed by atoms with Gasteiger partial charge in [-0.05, 0) is 36.9 Å². The van der Waals surface area contributed by atoms with E-state index in [9.17, 15) is 9.59 Å². The summed E-state index contributed by atoms with van der Waals surface area (Å²) >= 11 is 4.01. The second kappa shape index (κ2) is 7.09. The van der Waals surface area contributed by atoms with E-state index in [0.29, 0.717) is 29.0 Å². The molecule has 0 bridgehead atoms. The van der Waals surface area contributed by atoms with Gasteiger partial charge in [0.25, 0.3) is 0 Å². The molecule has 0 aliphatic carbocycles. The van der Waals surface area contributed by atoms with Crippen LogP contribution in [0.3, 0.4) is 0 Å². The predicted octanol–water partition coefficient (Wildman–Crippen LogP) is 3.48. The van der Waals surface area contributed by atoms with Gasteiger partial charge in [0.2, 0.25) is 5.91 Å². The lowest BCUT2D eigenvalue weighted by atomic mass is 10.0. The number of rotatable bonds is 5. The molecule has 0 fully saturated rings. The summed E-state index contributed by atoms with van der Waals surface area (Å²) < 4.78 is 0. The van der Waals surface area contributed by atoms with Gasteiger partial charge in [-0.1, -0.05) is 29.8 Å². The molecular formula is C17H17NO2S. The number of benzene rings is 2. The molecule has 0 aliphatic heterocycles. The van der Waals surface area contributed by atoms with Crippen molar-refractivity contribution in [3.63, 3.8) is 0 Å². The second-order valence-corrected chi connectivity index (χ2v) is 5.24. The van der Waals surface area contributed by atoms with Crippen molar-refractivity contribution >= 4 is 30.0 Å². The van der Waals surface area contributed by atoms with E-state index in [1.165, 1.54) is 0 Å². The molecule has 0 radical (unpaired) electrons. The molecule has 0 aliphatic rings. The second-order valence-electron chi connectivity index (χ2n) is 4.79. The van der Waals surface area contributed by atoms with Gasteiger partial charge in [0.05, 0.1) is 0 Å². The number of ketones is 1. The highest BCUT2D eigenvalue weighted by Crippen LogP contribution is 2.14. The Morgan fingerprint density at radius 2 is 1.48 bits per heavy atom. The van der Waals surface area contributed by atoms with Gasteiger partial charge in [-0.25, -0.2) is 0 Å². The molecule has 0 saturated heterocycles. The quantitative estimate of drug-likeness (QED) is 0.656. The van der Waals surface area contributed by atoms with Crippen LogP contribution in [-0.4, -0.2) is 17.4 Å². The van der Waals surface area contributed by atoms with Gasteiger partial charge in [-0.3, -0.25) is 9.59 Å². The van der Waals surface area contributed by atoms with E-state index in [0.717, 1.165) is 5.56 Å². The molecule has 0 spiro atoms. The van der Waals surface area contributed by atoms with Gasteiger partial charge in [-0.15, -0.1) is 0 Å². The van der Waals surface area contributed by atoms with Crippen LogP contribution < -0.4 is 5.32 Å². The number of hydrogen-bond donors (Lipinski definition) is 2. The fourth-order valence-corrected chi connectivity index (χ4v) is 2.10. The summed E-state index contributed by atoms with van der Waals surface area (Å²) in [7, 11) is 0. The zero-order valence-electron chi connectivity index (χ0n) is 11.8. The van der Waals surface area contributed by atoms with E-state index in [4.69, 9.17) is 0 Å². The van der Waals surface area contributed by atoms with Crippen LogP contribution in [0.5, 0.6) is 0 Å². The monoisotopic (exact) mass is 299 g/mol. The highest BCUT2D eigenvalue weighted by atomic mass is 32.1. The maximum atomic E-state index is 12.3. The maximum absolute atomic E-state index is 12.3. The van der Waals surface area contributed by atoms with E-state index in [2.05, 4.69) is 17.9 Å². The molecule has 0 heterocycles. The fourth-order valence-electron chi connectivity index (χ4n) is 1.90. The molecule has 0 unspecified atom stereocenters. The normalized spacial score (nSPS) is 10.2. The van der Waals surface area contributed by atoms with Crippen molar-refractivity contribution < 1.29 is 9.59 Å². The third-order valence-electron chi connectivity index (χ3n) is 3.08. The van der Waals surface area contributed by atoms with Crippen LogP contribution in [0.15, 0.2) is 48.5 Å². The Hall–Kier alpha value is -2.07. The summed E-state index contributed by atoms with van der Waals surface area (Å²) in [6.45, 7) is 1.98. The number of hydrogen-bond acceptors (Lipinski definition) is 3. The van der Waals surface area contributed by atoms with Crippen LogP contribution in [0.2, 0.25) is 0 Å². The van der Waals surface area contributed by atoms with Gasteiger partial charge < -0.3 is 5.32 Å². The van der Waals surface area contributed by atoms with Crippen LogP contribution in [-0.2, 0) is 4.79 Å². The largest absolute Gasteiger partial charge is 0.326 e. The van der Waals surface area contributed by atoms with Crippen molar-refractivity contribution in [3.05, 3.63) is 65.2 Å². The number of thiol groups is 1. The molecule has 108 valence electrons. The average Bonchev–Trinajstić information content (AvgIpc) is 2.48. The third-order valence-corrected chi connectivity index (χ3v) is 3.31. The Morgan fingerprint density at radius 1 is 0.952 bits per heavy atom. The van der Waals surface area contributed by atoms with Crippen molar-refractivity contribution in [2.75, 3.05) is 11.1 Å². The van der Waals surface area contributed by atoms with Crippen molar-refractivity contribution in [3.8, 4) is 0 Å². The van der Waals surface area contributed by atoms with Crippen LogP contribution in [0.25, 0.3) is 0 Å². The molecule has 2 aromatic rings. The smallest absolute Gasteiger partial charge is 0.225 e. The number of aryl methyl sites for hydroxylation is 1. The lowest BCUT2D eigenvalue weighted by Gasteiger charge is -2.06. The fraction of sp³-hybridized carbons (Fsp3) is 0.176. The van der Waals surface area contributed by atoms with Gasteiger partial charge in [0.1, 0.15) is 0 Å². The molecule has 21 heavy (non-hydrogen) atoms. The van der Waals surface area contributed by atoms with E-state index in [1.807, 2.05) is 31.2 Å². The van der Waals surface area contributed by atoms with E-state index in [-0.39, 0.29) is 11.7 Å². The van der Waals surface area contributed by atoms with Crippen molar-refractivity contribution in [1.82, 2.24) is 0 Å². The minimum atomic E-state index is -0.0809. The van der Waals surface area contributed by atoms with Crippen molar-refractivity contribution in [2.24, 2.45) is 0 Å². The van der Waals surface area contributed by atoms with Gasteiger partial charge in [-0.2, -0.15) is 12.6 Å². The first-order valence-electron chi connectivity index (χ1n) is 6.72. The van der Waals surface area contributed by atoms with E-state index in [1.54, 1.807) is 24.3 Å². The molecule has 1 amide bonds. The Bertz CT molecular complexity index is 633. The molecular weight excluding hydrogens is 282 g/mol. The number of carbonyl (C=O) groups is 2. The summed E-state index contributed by atoms with van der Waals surface area (Å²) in [6.07, 6.45) is 0.368.